The summed E-state index contributed by atoms with van der Waals surface area (Å²) in [7, 11) is 3.13. The average Bonchev–Trinajstić information content (AvgIpc) is 2.79. The van der Waals surface area contributed by atoms with Gasteiger partial charge in [-0.2, -0.15) is 11.8 Å². The molecule has 2 unspecified atom stereocenters. The third-order valence-corrected chi connectivity index (χ3v) is 6.37. The molecule has 0 fully saturated rings. The summed E-state index contributed by atoms with van der Waals surface area (Å²) >= 11 is 1.38. The second kappa shape index (κ2) is 11.6. The molecule has 0 aliphatic heterocycles. The van der Waals surface area contributed by atoms with Crippen LogP contribution in [0.5, 0.6) is 11.5 Å². The molecule has 6 nitrogen and oxygen atoms in total. The van der Waals surface area contributed by atoms with Gasteiger partial charge < -0.3 is 19.9 Å². The predicted octanol–water partition coefficient (Wildman–Crippen LogP) is 4.78. The topological polar surface area (TPSA) is 84.9 Å². The van der Waals surface area contributed by atoms with Crippen LogP contribution in [0, 0.1) is 0 Å². The number of rotatable bonds is 12. The summed E-state index contributed by atoms with van der Waals surface area (Å²) in [6.07, 6.45) is 4.74. The second-order valence-electron chi connectivity index (χ2n) is 7.24. The van der Waals surface area contributed by atoms with E-state index in [0.717, 1.165) is 18.4 Å². The van der Waals surface area contributed by atoms with Gasteiger partial charge in [-0.3, -0.25) is 4.79 Å². The summed E-state index contributed by atoms with van der Waals surface area (Å²) in [4.78, 5) is 25.7. The molecule has 0 aromatic heterocycles. The Bertz CT molecular complexity index is 853. The number of carbonyl (C=O) groups is 2. The minimum Gasteiger partial charge on any atom is -0.497 e. The zero-order valence-electron chi connectivity index (χ0n) is 18.5. The normalized spacial score (nSPS) is 13.7. The number of hydrogen-bond donors (Lipinski definition) is 2. The lowest BCUT2D eigenvalue weighted by molar-refractivity contribution is -0.148. The van der Waals surface area contributed by atoms with E-state index in [1.165, 1.54) is 11.8 Å². The minimum absolute atomic E-state index is 0.278. The molecule has 0 radical (unpaired) electrons. The number of carbonyl (C=O) groups excluding carboxylic acids is 1. The zero-order valence-corrected chi connectivity index (χ0v) is 19.3. The third-order valence-electron chi connectivity index (χ3n) is 5.27. The van der Waals surface area contributed by atoms with Crippen molar-refractivity contribution in [1.29, 1.82) is 0 Å². The number of amides is 1. The first-order valence-electron chi connectivity index (χ1n) is 10.3. The van der Waals surface area contributed by atoms with Crippen molar-refractivity contribution < 1.29 is 24.2 Å². The SMILES string of the molecule is CCCCCC(=O)NC(C(=O)O)(c1ccc(OC)cc1)C(SC)c1ccc(OC)cc1. The van der Waals surface area contributed by atoms with Gasteiger partial charge in [-0.1, -0.05) is 44.0 Å². The highest BCUT2D eigenvalue weighted by molar-refractivity contribution is 7.98. The maximum Gasteiger partial charge on any atom is 0.335 e. The third kappa shape index (κ3) is 5.73. The molecule has 2 rings (SSSR count). The van der Waals surface area contributed by atoms with Gasteiger partial charge in [0.15, 0.2) is 5.54 Å². The Morgan fingerprint density at radius 2 is 1.55 bits per heavy atom. The van der Waals surface area contributed by atoms with E-state index >= 15 is 0 Å². The molecular formula is C24H31NO5S. The first-order valence-corrected chi connectivity index (χ1v) is 11.6. The van der Waals surface area contributed by atoms with Gasteiger partial charge >= 0.3 is 5.97 Å². The molecule has 2 aromatic carbocycles. The molecule has 1 amide bonds. The van der Waals surface area contributed by atoms with Crippen LogP contribution in [0.3, 0.4) is 0 Å². The van der Waals surface area contributed by atoms with Crippen LogP contribution in [-0.2, 0) is 15.1 Å². The quantitative estimate of drug-likeness (QED) is 0.457. The van der Waals surface area contributed by atoms with Gasteiger partial charge in [0.25, 0.3) is 0 Å². The molecule has 0 bridgehead atoms. The molecule has 2 N–H and O–H groups in total. The number of hydrogen-bond acceptors (Lipinski definition) is 5. The minimum atomic E-state index is -1.65. The number of unbranched alkanes of at least 4 members (excludes halogenated alkanes) is 2. The fraction of sp³-hybridized carbons (Fsp3) is 0.417. The Labute approximate surface area is 188 Å². The van der Waals surface area contributed by atoms with Gasteiger partial charge in [0.2, 0.25) is 5.91 Å². The molecule has 0 spiro atoms. The molecule has 0 heterocycles. The molecule has 168 valence electrons. The lowest BCUT2D eigenvalue weighted by atomic mass is 9.82. The van der Waals surface area contributed by atoms with Crippen molar-refractivity contribution in [1.82, 2.24) is 5.32 Å². The Kier molecular flexibility index (Phi) is 9.24. The van der Waals surface area contributed by atoms with Crippen LogP contribution in [0.2, 0.25) is 0 Å². The molecule has 31 heavy (non-hydrogen) atoms. The van der Waals surface area contributed by atoms with E-state index in [1.807, 2.05) is 18.4 Å². The summed E-state index contributed by atoms with van der Waals surface area (Å²) in [6, 6.07) is 14.1. The number of carboxylic acid groups (broad SMARTS) is 1. The van der Waals surface area contributed by atoms with Gasteiger partial charge in [-0.05, 0) is 48.1 Å². The highest BCUT2D eigenvalue weighted by Gasteiger charge is 2.49. The molecule has 7 heteroatoms. The van der Waals surface area contributed by atoms with Crippen molar-refractivity contribution in [2.24, 2.45) is 0 Å². The van der Waals surface area contributed by atoms with E-state index in [9.17, 15) is 14.7 Å². The standard InChI is InChI=1S/C24H31NO5S/c1-5-6-7-8-21(26)25-24(23(27)28,18-11-15-20(30-3)16-12-18)22(31-4)17-9-13-19(29-2)14-10-17/h9-16,22H,5-8H2,1-4H3,(H,25,26)(H,27,28). The van der Waals surface area contributed by atoms with Gasteiger partial charge in [0.1, 0.15) is 11.5 Å². The number of thioether (sulfide) groups is 1. The van der Waals surface area contributed by atoms with Crippen LogP contribution in [0.4, 0.5) is 0 Å². The summed E-state index contributed by atoms with van der Waals surface area (Å²) in [5, 5.41) is 12.8. The van der Waals surface area contributed by atoms with Crippen LogP contribution >= 0.6 is 11.8 Å². The monoisotopic (exact) mass is 445 g/mol. The van der Waals surface area contributed by atoms with E-state index in [1.54, 1.807) is 50.6 Å². The van der Waals surface area contributed by atoms with E-state index < -0.39 is 16.8 Å². The van der Waals surface area contributed by atoms with Gasteiger partial charge in [-0.25, -0.2) is 4.79 Å². The molecule has 0 aliphatic rings. The maximum atomic E-state index is 12.9. The van der Waals surface area contributed by atoms with Crippen LogP contribution < -0.4 is 14.8 Å². The highest BCUT2D eigenvalue weighted by Crippen LogP contribution is 2.45. The predicted molar refractivity (Wildman–Crippen MR) is 124 cm³/mol. The zero-order chi connectivity index (χ0) is 22.9. The number of nitrogens with one attached hydrogen (secondary N) is 1. The van der Waals surface area contributed by atoms with Crippen molar-refractivity contribution >= 4 is 23.6 Å². The second-order valence-corrected chi connectivity index (χ2v) is 8.18. The lowest BCUT2D eigenvalue weighted by Gasteiger charge is -2.38. The van der Waals surface area contributed by atoms with Crippen LogP contribution in [-0.4, -0.2) is 37.5 Å². The average molecular weight is 446 g/mol. The smallest absolute Gasteiger partial charge is 0.335 e. The van der Waals surface area contributed by atoms with Crippen molar-refractivity contribution in [2.75, 3.05) is 20.5 Å². The summed E-state index contributed by atoms with van der Waals surface area (Å²) in [5.74, 6) is -0.101. The number of carboxylic acids is 1. The van der Waals surface area contributed by atoms with Crippen molar-refractivity contribution in [3.05, 3.63) is 59.7 Å². The largest absolute Gasteiger partial charge is 0.497 e. The number of methoxy groups -OCH3 is 2. The van der Waals surface area contributed by atoms with Gasteiger partial charge in [-0.15, -0.1) is 0 Å². The molecule has 2 atom stereocenters. The molecule has 0 saturated heterocycles. The Morgan fingerprint density at radius 1 is 1.00 bits per heavy atom. The maximum absolute atomic E-state index is 12.9. The van der Waals surface area contributed by atoms with E-state index in [4.69, 9.17) is 9.47 Å². The van der Waals surface area contributed by atoms with Crippen molar-refractivity contribution in [2.45, 2.75) is 43.4 Å². The molecule has 2 aromatic rings. The van der Waals surface area contributed by atoms with Crippen LogP contribution in [0.15, 0.2) is 48.5 Å². The molecule has 0 saturated carbocycles. The Hall–Kier alpha value is -2.67. The van der Waals surface area contributed by atoms with Crippen molar-refractivity contribution in [3.8, 4) is 11.5 Å². The summed E-state index contributed by atoms with van der Waals surface area (Å²) in [6.45, 7) is 2.06. The van der Waals surface area contributed by atoms with E-state index in [0.29, 0.717) is 23.5 Å². The first kappa shape index (κ1) is 24.6. The van der Waals surface area contributed by atoms with Gasteiger partial charge in [0.05, 0.1) is 19.5 Å². The van der Waals surface area contributed by atoms with Crippen LogP contribution in [0.1, 0.15) is 49.0 Å². The Balaban J connectivity index is 2.58. The fourth-order valence-corrected chi connectivity index (χ4v) is 4.67. The van der Waals surface area contributed by atoms with Crippen LogP contribution in [0.25, 0.3) is 0 Å². The first-order chi connectivity index (χ1) is 14.9. The fourth-order valence-electron chi connectivity index (χ4n) is 3.59. The number of benzene rings is 2. The summed E-state index contributed by atoms with van der Waals surface area (Å²) in [5.41, 5.74) is -0.385. The highest BCUT2D eigenvalue weighted by atomic mass is 32.2. The van der Waals surface area contributed by atoms with E-state index in [2.05, 4.69) is 12.2 Å². The molecule has 0 aliphatic carbocycles. The number of aliphatic carboxylic acids is 1. The van der Waals surface area contributed by atoms with E-state index in [-0.39, 0.29) is 12.3 Å². The summed E-state index contributed by atoms with van der Waals surface area (Å²) < 4.78 is 10.5. The number of ether oxygens (including phenoxy) is 2. The molecular weight excluding hydrogens is 414 g/mol. The lowest BCUT2D eigenvalue weighted by Crippen LogP contribution is -2.55. The Morgan fingerprint density at radius 3 is 2.00 bits per heavy atom. The van der Waals surface area contributed by atoms with Gasteiger partial charge in [0, 0.05) is 6.42 Å². The van der Waals surface area contributed by atoms with Crippen molar-refractivity contribution in [3.63, 3.8) is 0 Å².